The van der Waals surface area contributed by atoms with Gasteiger partial charge in [-0.2, -0.15) is 9.97 Å². The number of anilines is 3. The smallest absolute Gasteiger partial charge is 0.225 e. The van der Waals surface area contributed by atoms with Crippen LogP contribution in [0.4, 0.5) is 16.9 Å². The molecule has 2 N–H and O–H groups in total. The van der Waals surface area contributed by atoms with Gasteiger partial charge in [-0.15, -0.1) is 11.3 Å². The Balaban J connectivity index is 1.70. The third kappa shape index (κ3) is 2.60. The fourth-order valence-corrected chi connectivity index (χ4v) is 2.89. The predicted octanol–water partition coefficient (Wildman–Crippen LogP) is 0.850. The molecule has 0 aromatic carbocycles. The lowest BCUT2D eigenvalue weighted by Gasteiger charge is -2.35. The van der Waals surface area contributed by atoms with E-state index in [0.717, 1.165) is 37.1 Å². The van der Waals surface area contributed by atoms with E-state index < -0.39 is 0 Å². The Hall–Kier alpha value is -2.09. The Kier molecular flexibility index (Phi) is 3.55. The molecule has 1 fully saturated rings. The molecule has 7 nitrogen and oxygen atoms in total. The van der Waals surface area contributed by atoms with Crippen LogP contribution in [0.1, 0.15) is 0 Å². The van der Waals surface area contributed by atoms with E-state index in [2.05, 4.69) is 24.8 Å². The quantitative estimate of drug-likeness (QED) is 0.898. The highest BCUT2D eigenvalue weighted by Crippen LogP contribution is 2.23. The minimum atomic E-state index is 0.238. The van der Waals surface area contributed by atoms with Crippen molar-refractivity contribution < 1.29 is 4.74 Å². The third-order valence-electron chi connectivity index (χ3n) is 3.21. The first-order valence-corrected chi connectivity index (χ1v) is 7.22. The van der Waals surface area contributed by atoms with Crippen LogP contribution in [0.25, 0.3) is 0 Å². The topological polar surface area (TPSA) is 80.4 Å². The van der Waals surface area contributed by atoms with Gasteiger partial charge in [0, 0.05) is 43.8 Å². The van der Waals surface area contributed by atoms with Crippen molar-refractivity contribution in [3.05, 3.63) is 17.6 Å². The van der Waals surface area contributed by atoms with Crippen molar-refractivity contribution in [1.29, 1.82) is 0 Å². The molecule has 1 saturated heterocycles. The van der Waals surface area contributed by atoms with Crippen LogP contribution in [0.2, 0.25) is 0 Å². The summed E-state index contributed by atoms with van der Waals surface area (Å²) in [5.41, 5.74) is 5.70. The molecule has 0 aliphatic carbocycles. The standard InChI is InChI=1S/C12H16N6OS/c1-19-10-8-9(15-11(13)16-10)17-3-5-18(6-4-17)12-14-2-7-20-12/h2,7-8H,3-6H2,1H3,(H2,13,15,16). The first kappa shape index (κ1) is 12.9. The van der Waals surface area contributed by atoms with Crippen LogP contribution in [-0.2, 0) is 0 Å². The SMILES string of the molecule is COc1cc(N2CCN(c3nccs3)CC2)nc(N)n1. The number of nitrogens with two attached hydrogens (primary N) is 1. The van der Waals surface area contributed by atoms with E-state index in [1.165, 1.54) is 0 Å². The Labute approximate surface area is 121 Å². The molecule has 0 bridgehead atoms. The number of aromatic nitrogens is 3. The van der Waals surface area contributed by atoms with Gasteiger partial charge in [0.05, 0.1) is 7.11 Å². The zero-order valence-electron chi connectivity index (χ0n) is 11.2. The molecule has 0 spiro atoms. The molecule has 0 radical (unpaired) electrons. The van der Waals surface area contributed by atoms with Gasteiger partial charge in [0.2, 0.25) is 11.8 Å². The molecule has 1 aliphatic heterocycles. The maximum Gasteiger partial charge on any atom is 0.225 e. The first-order valence-electron chi connectivity index (χ1n) is 6.34. The van der Waals surface area contributed by atoms with Gasteiger partial charge in [-0.05, 0) is 0 Å². The summed E-state index contributed by atoms with van der Waals surface area (Å²) in [6.45, 7) is 3.58. The molecule has 0 atom stereocenters. The van der Waals surface area contributed by atoms with Crippen LogP contribution in [0, 0.1) is 0 Å². The molecule has 20 heavy (non-hydrogen) atoms. The zero-order chi connectivity index (χ0) is 13.9. The van der Waals surface area contributed by atoms with E-state index in [1.54, 1.807) is 18.4 Å². The molecule has 1 aliphatic rings. The molecule has 8 heteroatoms. The maximum absolute atomic E-state index is 5.70. The highest BCUT2D eigenvalue weighted by molar-refractivity contribution is 7.13. The molecule has 3 rings (SSSR count). The number of ether oxygens (including phenoxy) is 1. The maximum atomic E-state index is 5.70. The molecule has 2 aromatic rings. The van der Waals surface area contributed by atoms with Crippen molar-refractivity contribution in [1.82, 2.24) is 15.0 Å². The van der Waals surface area contributed by atoms with Crippen LogP contribution < -0.4 is 20.3 Å². The van der Waals surface area contributed by atoms with Crippen LogP contribution in [-0.4, -0.2) is 48.2 Å². The van der Waals surface area contributed by atoms with E-state index in [9.17, 15) is 0 Å². The van der Waals surface area contributed by atoms with Crippen molar-refractivity contribution in [3.8, 4) is 5.88 Å². The minimum absolute atomic E-state index is 0.238. The van der Waals surface area contributed by atoms with E-state index >= 15 is 0 Å². The molecular formula is C12H16N6OS. The summed E-state index contributed by atoms with van der Waals surface area (Å²) >= 11 is 1.67. The number of rotatable bonds is 3. The second-order valence-corrected chi connectivity index (χ2v) is 5.29. The molecular weight excluding hydrogens is 276 g/mol. The van der Waals surface area contributed by atoms with Gasteiger partial charge in [-0.3, -0.25) is 0 Å². The molecule has 106 valence electrons. The number of piperazine rings is 1. The Morgan fingerprint density at radius 1 is 1.20 bits per heavy atom. The number of methoxy groups -OCH3 is 1. The lowest BCUT2D eigenvalue weighted by molar-refractivity contribution is 0.397. The Morgan fingerprint density at radius 2 is 1.95 bits per heavy atom. The molecule has 3 heterocycles. The van der Waals surface area contributed by atoms with Crippen molar-refractivity contribution in [2.75, 3.05) is 48.8 Å². The van der Waals surface area contributed by atoms with Crippen molar-refractivity contribution in [2.24, 2.45) is 0 Å². The normalized spacial score (nSPS) is 15.4. The second-order valence-electron chi connectivity index (χ2n) is 4.42. The summed E-state index contributed by atoms with van der Waals surface area (Å²) in [5, 5.41) is 3.07. The fourth-order valence-electron chi connectivity index (χ4n) is 2.20. The number of hydrogen-bond acceptors (Lipinski definition) is 8. The minimum Gasteiger partial charge on any atom is -0.481 e. The summed E-state index contributed by atoms with van der Waals surface area (Å²) in [6.07, 6.45) is 1.84. The summed E-state index contributed by atoms with van der Waals surface area (Å²) in [7, 11) is 1.58. The molecule has 2 aromatic heterocycles. The zero-order valence-corrected chi connectivity index (χ0v) is 12.0. The summed E-state index contributed by atoms with van der Waals surface area (Å²) in [6, 6.07) is 1.81. The van der Waals surface area contributed by atoms with E-state index in [-0.39, 0.29) is 5.95 Å². The van der Waals surface area contributed by atoms with E-state index in [4.69, 9.17) is 10.5 Å². The van der Waals surface area contributed by atoms with Gasteiger partial charge >= 0.3 is 0 Å². The third-order valence-corrected chi connectivity index (χ3v) is 4.04. The molecule has 0 unspecified atom stereocenters. The first-order chi connectivity index (χ1) is 9.76. The highest BCUT2D eigenvalue weighted by Gasteiger charge is 2.20. The van der Waals surface area contributed by atoms with Crippen molar-refractivity contribution in [2.45, 2.75) is 0 Å². The number of nitrogen functional groups attached to an aromatic ring is 1. The van der Waals surface area contributed by atoms with Crippen LogP contribution in [0.3, 0.4) is 0 Å². The molecule has 0 amide bonds. The summed E-state index contributed by atoms with van der Waals surface area (Å²) < 4.78 is 5.13. The van der Waals surface area contributed by atoms with Crippen molar-refractivity contribution >= 4 is 28.2 Å². The van der Waals surface area contributed by atoms with Crippen LogP contribution >= 0.6 is 11.3 Å². The van der Waals surface area contributed by atoms with Crippen LogP contribution in [0.15, 0.2) is 17.6 Å². The lowest BCUT2D eigenvalue weighted by atomic mass is 10.3. The average Bonchev–Trinajstić information content (AvgIpc) is 3.01. The summed E-state index contributed by atoms with van der Waals surface area (Å²) in [5.74, 6) is 1.55. The average molecular weight is 292 g/mol. The number of nitrogens with zero attached hydrogens (tertiary/aromatic N) is 5. The Morgan fingerprint density at radius 3 is 2.60 bits per heavy atom. The molecule has 0 saturated carbocycles. The largest absolute Gasteiger partial charge is 0.481 e. The fraction of sp³-hybridized carbons (Fsp3) is 0.417. The monoisotopic (exact) mass is 292 g/mol. The second kappa shape index (κ2) is 5.49. The van der Waals surface area contributed by atoms with Gasteiger partial charge in [-0.1, -0.05) is 0 Å². The van der Waals surface area contributed by atoms with Gasteiger partial charge in [-0.25, -0.2) is 4.98 Å². The Bertz CT molecular complexity index is 567. The summed E-state index contributed by atoms with van der Waals surface area (Å²) in [4.78, 5) is 17.1. The highest BCUT2D eigenvalue weighted by atomic mass is 32.1. The number of thiazole rings is 1. The lowest BCUT2D eigenvalue weighted by Crippen LogP contribution is -2.46. The number of hydrogen-bond donors (Lipinski definition) is 1. The van der Waals surface area contributed by atoms with Gasteiger partial charge in [0.15, 0.2) is 5.13 Å². The van der Waals surface area contributed by atoms with Crippen LogP contribution in [0.5, 0.6) is 5.88 Å². The van der Waals surface area contributed by atoms with Gasteiger partial charge in [0.25, 0.3) is 0 Å². The van der Waals surface area contributed by atoms with E-state index in [0.29, 0.717) is 5.88 Å². The van der Waals surface area contributed by atoms with Gasteiger partial charge < -0.3 is 20.3 Å². The van der Waals surface area contributed by atoms with Gasteiger partial charge in [0.1, 0.15) is 5.82 Å². The van der Waals surface area contributed by atoms with E-state index in [1.807, 2.05) is 17.6 Å². The predicted molar refractivity (Wildman–Crippen MR) is 79.5 cm³/mol. The van der Waals surface area contributed by atoms with Crippen molar-refractivity contribution in [3.63, 3.8) is 0 Å².